The van der Waals surface area contributed by atoms with Gasteiger partial charge in [-0.3, -0.25) is 9.69 Å². The number of likely N-dealkylation sites (tertiary alicyclic amines) is 1. The third-order valence-corrected chi connectivity index (χ3v) is 13.1. The molecule has 10 atom stereocenters. The first kappa shape index (κ1) is 27.2. The lowest BCUT2D eigenvalue weighted by molar-refractivity contribution is -0.938. The molecule has 0 aromatic heterocycles. The number of quaternary nitrogens is 1. The van der Waals surface area contributed by atoms with Crippen LogP contribution in [0.2, 0.25) is 0 Å². The summed E-state index contributed by atoms with van der Waals surface area (Å²) >= 11 is 0. The molecule has 4 saturated carbocycles. The number of hydrogen-bond acceptors (Lipinski definition) is 5. The Kier molecular flexibility index (Phi) is 7.27. The number of fused-ring (bicyclic) bond motifs is 5. The van der Waals surface area contributed by atoms with E-state index in [0.29, 0.717) is 35.8 Å². The number of carbonyl (C=O) groups is 1. The maximum atomic E-state index is 12.1. The van der Waals surface area contributed by atoms with Gasteiger partial charge < -0.3 is 19.1 Å². The van der Waals surface area contributed by atoms with Crippen LogP contribution in [-0.4, -0.2) is 90.7 Å². The second-order valence-electron chi connectivity index (χ2n) is 14.6. The number of hydrogen-bond donors (Lipinski definition) is 1. The van der Waals surface area contributed by atoms with Crippen molar-refractivity contribution in [3.05, 3.63) is 12.7 Å². The minimum Gasteiger partial charge on any atom is -0.461 e. The molecule has 0 unspecified atom stereocenters. The van der Waals surface area contributed by atoms with E-state index >= 15 is 0 Å². The van der Waals surface area contributed by atoms with Crippen LogP contribution in [0.25, 0.3) is 0 Å². The normalized spacial score (nSPS) is 48.5. The van der Waals surface area contributed by atoms with Crippen LogP contribution in [0.3, 0.4) is 0 Å². The van der Waals surface area contributed by atoms with Crippen LogP contribution in [-0.2, 0) is 14.3 Å². The summed E-state index contributed by atoms with van der Waals surface area (Å²) in [6.07, 6.45) is 12.7. The van der Waals surface area contributed by atoms with E-state index in [1.165, 1.54) is 51.6 Å². The Morgan fingerprint density at radius 2 is 1.84 bits per heavy atom. The van der Waals surface area contributed by atoms with Crippen molar-refractivity contribution < 1.29 is 23.9 Å². The molecule has 6 rings (SSSR count). The lowest BCUT2D eigenvalue weighted by Crippen LogP contribution is -2.61. The molecule has 2 saturated heterocycles. The average molecular weight is 530 g/mol. The van der Waals surface area contributed by atoms with Crippen molar-refractivity contribution in [2.24, 2.45) is 34.5 Å². The van der Waals surface area contributed by atoms with E-state index in [2.05, 4.69) is 31.4 Å². The summed E-state index contributed by atoms with van der Waals surface area (Å²) in [5.74, 6) is 2.51. The Morgan fingerprint density at radius 1 is 1.11 bits per heavy atom. The number of aliphatic hydroxyl groups is 1. The Hall–Kier alpha value is -0.950. The van der Waals surface area contributed by atoms with Crippen molar-refractivity contribution in [2.45, 2.75) is 103 Å². The van der Waals surface area contributed by atoms with Gasteiger partial charge in [0.15, 0.2) is 0 Å². The quantitative estimate of drug-likeness (QED) is 0.325. The zero-order valence-electron chi connectivity index (χ0n) is 24.3. The first-order valence-electron chi connectivity index (χ1n) is 15.9. The van der Waals surface area contributed by atoms with E-state index in [0.717, 1.165) is 56.6 Å². The molecule has 1 N–H and O–H groups in total. The second-order valence-corrected chi connectivity index (χ2v) is 14.6. The Bertz CT molecular complexity index is 898. The molecule has 0 bridgehead atoms. The van der Waals surface area contributed by atoms with Gasteiger partial charge in [-0.2, -0.15) is 0 Å². The molecular formula is C32H53N2O4+. The van der Waals surface area contributed by atoms with Crippen LogP contribution in [0.1, 0.15) is 78.6 Å². The molecule has 0 spiro atoms. The van der Waals surface area contributed by atoms with Gasteiger partial charge in [0, 0.05) is 50.7 Å². The summed E-state index contributed by atoms with van der Waals surface area (Å²) in [5, 5.41) is 12.0. The van der Waals surface area contributed by atoms with E-state index in [4.69, 9.17) is 9.47 Å². The van der Waals surface area contributed by atoms with Crippen LogP contribution in [0, 0.1) is 34.5 Å². The molecule has 214 valence electrons. The Morgan fingerprint density at radius 3 is 2.53 bits per heavy atom. The van der Waals surface area contributed by atoms with Gasteiger partial charge >= 0.3 is 5.97 Å². The van der Waals surface area contributed by atoms with Crippen molar-refractivity contribution in [3.8, 4) is 0 Å². The first-order chi connectivity index (χ1) is 18.2. The number of carbonyl (C=O) groups excluding carboxylic acids is 1. The van der Waals surface area contributed by atoms with E-state index in [1.807, 2.05) is 0 Å². The minimum absolute atomic E-state index is 0.00481. The molecule has 38 heavy (non-hydrogen) atoms. The SMILES string of the molecule is C=CC[N+]1([C@H]2C[C@@H]3[C@@H]4CC[C@@H]5C[C@H](OC(C)=O)[C@@H](N6CCOCC6)C[C@]5(C)[C@@H]4CC[C@]3(C)[C@H]2O)CCCC1. The van der Waals surface area contributed by atoms with Crippen LogP contribution in [0.5, 0.6) is 0 Å². The monoisotopic (exact) mass is 529 g/mol. The molecule has 4 aliphatic carbocycles. The molecule has 2 aliphatic heterocycles. The van der Waals surface area contributed by atoms with E-state index < -0.39 is 0 Å². The van der Waals surface area contributed by atoms with Gasteiger partial charge in [0.1, 0.15) is 18.2 Å². The van der Waals surface area contributed by atoms with E-state index in [1.54, 1.807) is 6.92 Å². The molecule has 6 nitrogen and oxygen atoms in total. The van der Waals surface area contributed by atoms with Crippen molar-refractivity contribution >= 4 is 5.97 Å². The molecule has 2 heterocycles. The number of ether oxygens (including phenoxy) is 2. The van der Waals surface area contributed by atoms with Crippen molar-refractivity contribution in [2.75, 3.05) is 45.9 Å². The highest BCUT2D eigenvalue weighted by atomic mass is 16.5. The van der Waals surface area contributed by atoms with Crippen molar-refractivity contribution in [1.82, 2.24) is 4.90 Å². The molecule has 6 fully saturated rings. The molecule has 6 heteroatoms. The van der Waals surface area contributed by atoms with Gasteiger partial charge in [-0.05, 0) is 73.7 Å². The van der Waals surface area contributed by atoms with Gasteiger partial charge in [0.05, 0.1) is 32.8 Å². The van der Waals surface area contributed by atoms with Crippen molar-refractivity contribution in [1.29, 1.82) is 0 Å². The molecule has 0 amide bonds. The molecule has 0 aromatic carbocycles. The van der Waals surface area contributed by atoms with Crippen molar-refractivity contribution in [3.63, 3.8) is 0 Å². The number of rotatable bonds is 5. The maximum Gasteiger partial charge on any atom is 0.302 e. The zero-order chi connectivity index (χ0) is 26.7. The highest BCUT2D eigenvalue weighted by Crippen LogP contribution is 2.67. The third kappa shape index (κ3) is 4.23. The maximum absolute atomic E-state index is 12.1. The average Bonchev–Trinajstić information content (AvgIpc) is 3.47. The van der Waals surface area contributed by atoms with Crippen LogP contribution < -0.4 is 0 Å². The lowest BCUT2D eigenvalue weighted by atomic mass is 9.44. The molecule has 6 aliphatic rings. The summed E-state index contributed by atoms with van der Waals surface area (Å²) in [6.45, 7) is 17.6. The van der Waals surface area contributed by atoms with Crippen LogP contribution in [0.15, 0.2) is 12.7 Å². The smallest absolute Gasteiger partial charge is 0.302 e. The fourth-order valence-corrected chi connectivity index (χ4v) is 11.3. The molecular weight excluding hydrogens is 476 g/mol. The predicted octanol–water partition coefficient (Wildman–Crippen LogP) is 4.41. The fraction of sp³-hybridized carbons (Fsp3) is 0.906. The molecule has 0 radical (unpaired) electrons. The fourth-order valence-electron chi connectivity index (χ4n) is 11.3. The summed E-state index contributed by atoms with van der Waals surface area (Å²) in [7, 11) is 0. The van der Waals surface area contributed by atoms with E-state index in [9.17, 15) is 9.90 Å². The minimum atomic E-state index is -0.196. The first-order valence-corrected chi connectivity index (χ1v) is 15.9. The lowest BCUT2D eigenvalue weighted by Gasteiger charge is -2.62. The molecule has 0 aromatic rings. The summed E-state index contributed by atoms with van der Waals surface area (Å²) in [4.78, 5) is 14.7. The summed E-state index contributed by atoms with van der Waals surface area (Å²) in [6, 6.07) is 0.666. The standard InChI is InChI=1S/C32H53N2O4/c1-5-14-34(15-6-7-16-34)28-20-26-24-9-8-23-19-29(38-22(2)35)27(33-12-17-37-18-13-33)21-32(23,4)25(24)10-11-31(26,3)30(28)36/h5,23-30,36H,1,6-21H2,2-4H3/q+1/t23-,24-,25-,26-,27+,28+,29+,30+,31+,32+/m1/s1. The van der Waals surface area contributed by atoms with Crippen LogP contribution in [0.4, 0.5) is 0 Å². The van der Waals surface area contributed by atoms with Gasteiger partial charge in [-0.25, -0.2) is 0 Å². The zero-order valence-corrected chi connectivity index (χ0v) is 24.3. The largest absolute Gasteiger partial charge is 0.461 e. The third-order valence-electron chi connectivity index (χ3n) is 13.1. The Labute approximate surface area is 230 Å². The number of aliphatic hydroxyl groups excluding tert-OH is 1. The second kappa shape index (κ2) is 10.2. The number of morpholine rings is 1. The van der Waals surface area contributed by atoms with Gasteiger partial charge in [0.2, 0.25) is 0 Å². The summed E-state index contributed by atoms with van der Waals surface area (Å²) < 4.78 is 12.8. The summed E-state index contributed by atoms with van der Waals surface area (Å²) in [5.41, 5.74) is 0.316. The van der Waals surface area contributed by atoms with Gasteiger partial charge in [0.25, 0.3) is 0 Å². The number of esters is 1. The topological polar surface area (TPSA) is 59.0 Å². The van der Waals surface area contributed by atoms with Crippen LogP contribution >= 0.6 is 0 Å². The number of nitrogens with zero attached hydrogens (tertiary/aromatic N) is 2. The van der Waals surface area contributed by atoms with Gasteiger partial charge in [-0.1, -0.05) is 20.4 Å². The highest BCUT2D eigenvalue weighted by molar-refractivity contribution is 5.66. The van der Waals surface area contributed by atoms with Gasteiger partial charge in [-0.15, -0.1) is 0 Å². The predicted molar refractivity (Wildman–Crippen MR) is 148 cm³/mol. The Balaban J connectivity index is 1.27. The van der Waals surface area contributed by atoms with E-state index in [-0.39, 0.29) is 29.0 Å². The highest BCUT2D eigenvalue weighted by Gasteiger charge is 2.66.